The largest absolute Gasteiger partial charge is 0.326 e. The summed E-state index contributed by atoms with van der Waals surface area (Å²) >= 11 is 0. The Bertz CT molecular complexity index is 1410. The van der Waals surface area contributed by atoms with Crippen LogP contribution in [0.25, 0.3) is 5.69 Å². The number of benzene rings is 2. The molecule has 0 aliphatic heterocycles. The molecule has 0 unspecified atom stereocenters. The minimum absolute atomic E-state index is 0.101. The fourth-order valence-electron chi connectivity index (χ4n) is 3.15. The Kier molecular flexibility index (Phi) is 6.52. The summed E-state index contributed by atoms with van der Waals surface area (Å²) in [6.07, 6.45) is 2.85. The van der Waals surface area contributed by atoms with E-state index in [2.05, 4.69) is 30.4 Å². The fraction of sp³-hybridized carbons (Fsp3) is 0.167. The number of urea groups is 1. The van der Waals surface area contributed by atoms with Crippen molar-refractivity contribution in [1.29, 1.82) is 0 Å². The van der Waals surface area contributed by atoms with Gasteiger partial charge in [0.25, 0.3) is 10.0 Å². The maximum absolute atomic E-state index is 12.8. The van der Waals surface area contributed by atoms with Gasteiger partial charge in [-0.25, -0.2) is 27.9 Å². The maximum atomic E-state index is 12.8. The van der Waals surface area contributed by atoms with Gasteiger partial charge in [0.2, 0.25) is 0 Å². The van der Waals surface area contributed by atoms with Crippen LogP contribution in [0.4, 0.5) is 22.1 Å². The monoisotopic (exact) mass is 491 g/mol. The number of carbonyl (C=O) groups is 1. The van der Waals surface area contributed by atoms with Crippen LogP contribution in [0.5, 0.6) is 0 Å². The number of carbonyl (C=O) groups excluding carboxylic acids is 1. The number of nitrogens with one attached hydrogen (secondary N) is 3. The molecule has 0 fully saturated rings. The van der Waals surface area contributed by atoms with Crippen molar-refractivity contribution in [2.24, 2.45) is 0 Å². The molecular formula is C24H25N7O3S. The van der Waals surface area contributed by atoms with Crippen LogP contribution in [0.1, 0.15) is 26.5 Å². The van der Waals surface area contributed by atoms with E-state index in [0.717, 1.165) is 5.69 Å². The molecule has 2 aromatic heterocycles. The first-order valence-electron chi connectivity index (χ1n) is 10.7. The molecule has 4 aromatic rings. The van der Waals surface area contributed by atoms with Gasteiger partial charge in [-0.1, -0.05) is 39.0 Å². The Balaban J connectivity index is 1.60. The lowest BCUT2D eigenvalue weighted by atomic mass is 9.92. The van der Waals surface area contributed by atoms with E-state index in [1.54, 1.807) is 53.2 Å². The zero-order valence-corrected chi connectivity index (χ0v) is 20.2. The summed E-state index contributed by atoms with van der Waals surface area (Å²) in [5.41, 5.74) is 1.52. The summed E-state index contributed by atoms with van der Waals surface area (Å²) in [5, 5.41) is 10.1. The molecule has 0 bridgehead atoms. The average molecular weight is 492 g/mol. The number of aromatic nitrogens is 4. The summed E-state index contributed by atoms with van der Waals surface area (Å²) in [5.74, 6) is 0.764. The Hall–Kier alpha value is -4.25. The van der Waals surface area contributed by atoms with Crippen LogP contribution >= 0.6 is 0 Å². The van der Waals surface area contributed by atoms with Crippen molar-refractivity contribution in [3.63, 3.8) is 0 Å². The molecule has 0 aliphatic rings. The van der Waals surface area contributed by atoms with Crippen molar-refractivity contribution in [3.8, 4) is 5.69 Å². The quantitative estimate of drug-likeness (QED) is 0.366. The zero-order valence-electron chi connectivity index (χ0n) is 19.4. The molecule has 2 amide bonds. The van der Waals surface area contributed by atoms with Crippen LogP contribution in [0.15, 0.2) is 84.1 Å². The topological polar surface area (TPSA) is 131 Å². The van der Waals surface area contributed by atoms with E-state index >= 15 is 0 Å². The number of anilines is 3. The lowest BCUT2D eigenvalue weighted by Gasteiger charge is -2.14. The third-order valence-electron chi connectivity index (χ3n) is 4.96. The van der Waals surface area contributed by atoms with Gasteiger partial charge < -0.3 is 0 Å². The lowest BCUT2D eigenvalue weighted by molar-refractivity contribution is 0.262. The molecule has 3 N–H and O–H groups in total. The maximum Gasteiger partial charge on any atom is 0.326 e. The van der Waals surface area contributed by atoms with E-state index in [4.69, 9.17) is 0 Å². The first-order chi connectivity index (χ1) is 16.6. The molecular weight excluding hydrogens is 466 g/mol. The molecule has 0 aliphatic carbocycles. The summed E-state index contributed by atoms with van der Waals surface area (Å²) < 4.78 is 29.6. The van der Waals surface area contributed by atoms with Gasteiger partial charge in [-0.3, -0.25) is 15.4 Å². The van der Waals surface area contributed by atoms with Crippen LogP contribution in [0, 0.1) is 0 Å². The highest BCUT2D eigenvalue weighted by molar-refractivity contribution is 7.92. The van der Waals surface area contributed by atoms with Crippen molar-refractivity contribution in [1.82, 2.24) is 19.7 Å². The van der Waals surface area contributed by atoms with Crippen LogP contribution in [0.3, 0.4) is 0 Å². The highest BCUT2D eigenvalue weighted by Crippen LogP contribution is 2.27. The van der Waals surface area contributed by atoms with Gasteiger partial charge >= 0.3 is 6.03 Å². The third kappa shape index (κ3) is 5.82. The van der Waals surface area contributed by atoms with Gasteiger partial charge in [0.15, 0.2) is 0 Å². The standard InChI is InChI=1S/C24H25N7O3S/c1-24(2,3)20-15-22(28-23(32)27-21-13-14-25-16-26-21)31(29-20)18-9-11-19(12-10-18)35(33,34)30-17-7-5-4-6-8-17/h4-16,30H,1-3H3,(H2,25,26,27,28,32). The molecule has 0 saturated heterocycles. The van der Waals surface area contributed by atoms with E-state index < -0.39 is 16.1 Å². The Labute approximate surface area is 203 Å². The van der Waals surface area contributed by atoms with Crippen LogP contribution < -0.4 is 15.4 Å². The van der Waals surface area contributed by atoms with Crippen molar-refractivity contribution in [2.45, 2.75) is 31.1 Å². The van der Waals surface area contributed by atoms with Crippen molar-refractivity contribution >= 4 is 33.4 Å². The summed E-state index contributed by atoms with van der Waals surface area (Å²) in [6.45, 7) is 6.03. The predicted octanol–water partition coefficient (Wildman–Crippen LogP) is 4.40. The van der Waals surface area contributed by atoms with Crippen molar-refractivity contribution in [2.75, 3.05) is 15.4 Å². The highest BCUT2D eigenvalue weighted by atomic mass is 32.2. The number of para-hydroxylation sites is 1. The second kappa shape index (κ2) is 9.55. The number of amides is 2. The van der Waals surface area contributed by atoms with E-state index in [9.17, 15) is 13.2 Å². The van der Waals surface area contributed by atoms with Gasteiger partial charge in [-0.05, 0) is 42.5 Å². The molecule has 4 rings (SSSR count). The summed E-state index contributed by atoms with van der Waals surface area (Å²) in [6, 6.07) is 17.7. The second-order valence-corrected chi connectivity index (χ2v) is 10.4. The Morgan fingerprint density at radius 3 is 2.29 bits per heavy atom. The molecule has 2 aromatic carbocycles. The molecule has 2 heterocycles. The number of hydrogen-bond acceptors (Lipinski definition) is 6. The molecule has 0 radical (unpaired) electrons. The lowest BCUT2D eigenvalue weighted by Crippen LogP contribution is -2.22. The van der Waals surface area contributed by atoms with E-state index in [1.165, 1.54) is 24.7 Å². The first kappa shape index (κ1) is 23.9. The Morgan fingerprint density at radius 2 is 1.66 bits per heavy atom. The number of rotatable bonds is 6. The molecule has 180 valence electrons. The number of sulfonamides is 1. The minimum atomic E-state index is -3.77. The van der Waals surface area contributed by atoms with Gasteiger partial charge in [-0.2, -0.15) is 5.10 Å². The fourth-order valence-corrected chi connectivity index (χ4v) is 4.21. The molecule has 0 spiro atoms. The van der Waals surface area contributed by atoms with E-state index in [1.807, 2.05) is 26.8 Å². The normalized spacial score (nSPS) is 11.6. The highest BCUT2D eigenvalue weighted by Gasteiger charge is 2.22. The SMILES string of the molecule is CC(C)(C)c1cc(NC(=O)Nc2ccncn2)n(-c2ccc(S(=O)(=O)Nc3ccccc3)cc2)n1. The Morgan fingerprint density at radius 1 is 0.943 bits per heavy atom. The van der Waals surface area contributed by atoms with Gasteiger partial charge in [0, 0.05) is 23.4 Å². The smallest absolute Gasteiger partial charge is 0.292 e. The van der Waals surface area contributed by atoms with Gasteiger partial charge in [0.1, 0.15) is 18.0 Å². The van der Waals surface area contributed by atoms with Gasteiger partial charge in [-0.15, -0.1) is 0 Å². The minimum Gasteiger partial charge on any atom is -0.292 e. The summed E-state index contributed by atoms with van der Waals surface area (Å²) in [4.78, 5) is 20.5. The van der Waals surface area contributed by atoms with E-state index in [-0.39, 0.29) is 10.3 Å². The van der Waals surface area contributed by atoms with Crippen LogP contribution in [0.2, 0.25) is 0 Å². The third-order valence-corrected chi connectivity index (χ3v) is 6.36. The van der Waals surface area contributed by atoms with Gasteiger partial charge in [0.05, 0.1) is 16.3 Å². The predicted molar refractivity (Wildman–Crippen MR) is 134 cm³/mol. The van der Waals surface area contributed by atoms with Crippen molar-refractivity contribution < 1.29 is 13.2 Å². The molecule has 0 saturated carbocycles. The zero-order chi connectivity index (χ0) is 25.1. The van der Waals surface area contributed by atoms with Crippen molar-refractivity contribution in [3.05, 3.63) is 84.9 Å². The average Bonchev–Trinajstić information content (AvgIpc) is 3.24. The summed E-state index contributed by atoms with van der Waals surface area (Å²) in [7, 11) is -3.77. The van der Waals surface area contributed by atoms with Crippen LogP contribution in [-0.2, 0) is 15.4 Å². The molecule has 35 heavy (non-hydrogen) atoms. The first-order valence-corrected chi connectivity index (χ1v) is 12.2. The molecule has 11 heteroatoms. The number of nitrogens with zero attached hydrogens (tertiary/aromatic N) is 4. The number of hydrogen-bond donors (Lipinski definition) is 3. The second-order valence-electron chi connectivity index (χ2n) is 8.72. The molecule has 10 nitrogen and oxygen atoms in total. The molecule has 0 atom stereocenters. The van der Waals surface area contributed by atoms with Crippen LogP contribution in [-0.4, -0.2) is 34.2 Å². The van der Waals surface area contributed by atoms with E-state index in [0.29, 0.717) is 23.0 Å².